The van der Waals surface area contributed by atoms with E-state index in [0.717, 1.165) is 17.9 Å². The number of hydrogen-bond donors (Lipinski definition) is 5. The Hall–Kier alpha value is -2.98. The Morgan fingerprint density at radius 1 is 1.55 bits per heavy atom. The van der Waals surface area contributed by atoms with Crippen molar-refractivity contribution in [3.63, 3.8) is 0 Å². The number of carbonyl (C=O) groups is 2. The number of aromatic amines is 2. The molecule has 0 radical (unpaired) electrons. The topological polar surface area (TPSA) is 162 Å². The number of amides is 2. The summed E-state index contributed by atoms with van der Waals surface area (Å²) in [6, 6.07) is -0.454. The first kappa shape index (κ1) is 17.1. The summed E-state index contributed by atoms with van der Waals surface area (Å²) in [5, 5.41) is 25.6. The molecule has 0 saturated carbocycles. The molecular formula is C11H18N8O3. The van der Waals surface area contributed by atoms with E-state index in [4.69, 9.17) is 9.90 Å². The zero-order valence-corrected chi connectivity index (χ0v) is 12.2. The van der Waals surface area contributed by atoms with E-state index in [2.05, 4.69) is 41.2 Å². The van der Waals surface area contributed by atoms with E-state index in [0.29, 0.717) is 5.82 Å². The van der Waals surface area contributed by atoms with Gasteiger partial charge in [-0.15, -0.1) is 10.2 Å². The lowest BCUT2D eigenvalue weighted by atomic mass is 10.2. The first-order chi connectivity index (χ1) is 10.6. The molecule has 11 nitrogen and oxygen atoms in total. The minimum absolute atomic E-state index is 0.154. The average Bonchev–Trinajstić information content (AvgIpc) is 3.15. The zero-order chi connectivity index (χ0) is 16.4. The van der Waals surface area contributed by atoms with Crippen LogP contribution >= 0.6 is 0 Å². The van der Waals surface area contributed by atoms with E-state index in [1.54, 1.807) is 6.20 Å². The van der Waals surface area contributed by atoms with Gasteiger partial charge in [-0.1, -0.05) is 12.1 Å². The second kappa shape index (κ2) is 9.05. The van der Waals surface area contributed by atoms with E-state index < -0.39 is 0 Å². The molecule has 0 aliphatic carbocycles. The number of imidazole rings is 1. The minimum Gasteiger partial charge on any atom is -0.483 e. The lowest BCUT2D eigenvalue weighted by Gasteiger charge is -2.14. The van der Waals surface area contributed by atoms with Crippen molar-refractivity contribution in [3.8, 4) is 0 Å². The lowest BCUT2D eigenvalue weighted by Crippen LogP contribution is -2.38. The van der Waals surface area contributed by atoms with Gasteiger partial charge >= 0.3 is 6.03 Å². The second-order valence-corrected chi connectivity index (χ2v) is 4.17. The fourth-order valence-electron chi connectivity index (χ4n) is 1.60. The number of hydrogen-bond acceptors (Lipinski definition) is 6. The number of carbonyl (C=O) groups excluding carboxylic acids is 1. The predicted octanol–water partition coefficient (Wildman–Crippen LogP) is -0.117. The molecular weight excluding hydrogens is 292 g/mol. The average molecular weight is 310 g/mol. The summed E-state index contributed by atoms with van der Waals surface area (Å²) in [4.78, 5) is 27.4. The number of aryl methyl sites for hydroxylation is 1. The van der Waals surface area contributed by atoms with E-state index in [1.807, 2.05) is 13.8 Å². The van der Waals surface area contributed by atoms with Gasteiger partial charge < -0.3 is 20.7 Å². The summed E-state index contributed by atoms with van der Waals surface area (Å²) in [7, 11) is 0. The van der Waals surface area contributed by atoms with E-state index in [9.17, 15) is 4.79 Å². The summed E-state index contributed by atoms with van der Waals surface area (Å²) < 4.78 is 0. The minimum atomic E-state index is -0.300. The van der Waals surface area contributed by atoms with Crippen LogP contribution in [-0.2, 0) is 11.3 Å². The van der Waals surface area contributed by atoms with Crippen LogP contribution in [0.25, 0.3) is 0 Å². The maximum Gasteiger partial charge on any atom is 0.315 e. The molecule has 11 heteroatoms. The van der Waals surface area contributed by atoms with Crippen LogP contribution in [0.15, 0.2) is 6.20 Å². The smallest absolute Gasteiger partial charge is 0.315 e. The van der Waals surface area contributed by atoms with Crippen LogP contribution in [0.1, 0.15) is 36.7 Å². The molecule has 1 atom stereocenters. The molecule has 2 aromatic rings. The van der Waals surface area contributed by atoms with Crippen LogP contribution in [0.3, 0.4) is 0 Å². The van der Waals surface area contributed by atoms with Crippen molar-refractivity contribution in [2.45, 2.75) is 32.9 Å². The first-order valence-corrected chi connectivity index (χ1v) is 6.46. The summed E-state index contributed by atoms with van der Waals surface area (Å²) >= 11 is 0. The summed E-state index contributed by atoms with van der Waals surface area (Å²) in [6.07, 6.45) is 2.47. The van der Waals surface area contributed by atoms with Crippen molar-refractivity contribution in [3.05, 3.63) is 23.5 Å². The van der Waals surface area contributed by atoms with Crippen LogP contribution in [-0.4, -0.2) is 48.2 Å². The number of tetrazole rings is 1. The number of nitrogens with one attached hydrogen (secondary N) is 4. The highest BCUT2D eigenvalue weighted by atomic mass is 16.3. The molecule has 0 aromatic carbocycles. The SMILES string of the molecule is CCC(NC(=O)NCc1nn[nH]n1)c1ncc(C)[nH]1.O=CO. The van der Waals surface area contributed by atoms with Crippen LogP contribution < -0.4 is 10.6 Å². The molecule has 5 N–H and O–H groups in total. The standard InChI is InChI=1S/C10H16N8O.CH2O2/c1-3-7(9-11-4-6(2)13-9)14-10(19)12-5-8-15-17-18-16-8;2-1-3/h4,7H,3,5H2,1-2H3,(H,11,13)(H2,12,14,19)(H,15,16,17,18);1H,(H,2,3). The van der Waals surface area contributed by atoms with Crippen LogP contribution in [0, 0.1) is 6.92 Å². The first-order valence-electron chi connectivity index (χ1n) is 6.46. The van der Waals surface area contributed by atoms with Gasteiger partial charge in [0.05, 0.1) is 12.6 Å². The maximum absolute atomic E-state index is 11.7. The Morgan fingerprint density at radius 3 is 2.77 bits per heavy atom. The summed E-state index contributed by atoms with van der Waals surface area (Å²) in [6.45, 7) is 3.86. The lowest BCUT2D eigenvalue weighted by molar-refractivity contribution is -0.122. The molecule has 0 spiro atoms. The maximum atomic E-state index is 11.7. The fraction of sp³-hybridized carbons (Fsp3) is 0.455. The number of H-pyrrole nitrogens is 2. The number of nitrogens with zero attached hydrogens (tertiary/aromatic N) is 4. The number of rotatable bonds is 5. The Kier molecular flexibility index (Phi) is 7.02. The van der Waals surface area contributed by atoms with Gasteiger partial charge in [0.2, 0.25) is 0 Å². The van der Waals surface area contributed by atoms with Crippen molar-refractivity contribution < 1.29 is 14.7 Å². The number of carboxylic acid groups (broad SMARTS) is 1. The Bertz CT molecular complexity index is 568. The van der Waals surface area contributed by atoms with E-state index >= 15 is 0 Å². The molecule has 0 fully saturated rings. The Balaban J connectivity index is 0.000000745. The molecule has 0 aliphatic rings. The zero-order valence-electron chi connectivity index (χ0n) is 12.2. The van der Waals surface area contributed by atoms with Crippen molar-refractivity contribution in [2.75, 3.05) is 0 Å². The third-order valence-electron chi connectivity index (χ3n) is 2.56. The van der Waals surface area contributed by atoms with Crippen LogP contribution in [0.2, 0.25) is 0 Å². The van der Waals surface area contributed by atoms with Crippen LogP contribution in [0.5, 0.6) is 0 Å². The molecule has 2 aromatic heterocycles. The normalized spacial score (nSPS) is 11.0. The molecule has 0 saturated heterocycles. The monoisotopic (exact) mass is 310 g/mol. The molecule has 1 unspecified atom stereocenters. The molecule has 2 amide bonds. The van der Waals surface area contributed by atoms with Gasteiger partial charge in [0, 0.05) is 11.9 Å². The van der Waals surface area contributed by atoms with Gasteiger partial charge in [-0.05, 0) is 13.3 Å². The third kappa shape index (κ3) is 5.56. The quantitative estimate of drug-likeness (QED) is 0.481. The van der Waals surface area contributed by atoms with Gasteiger partial charge in [0.1, 0.15) is 5.82 Å². The molecule has 120 valence electrons. The van der Waals surface area contributed by atoms with E-state index in [-0.39, 0.29) is 25.1 Å². The largest absolute Gasteiger partial charge is 0.483 e. The van der Waals surface area contributed by atoms with Crippen molar-refractivity contribution in [2.24, 2.45) is 0 Å². The van der Waals surface area contributed by atoms with Crippen molar-refractivity contribution >= 4 is 12.5 Å². The number of urea groups is 1. The Morgan fingerprint density at radius 2 is 2.27 bits per heavy atom. The van der Waals surface area contributed by atoms with Gasteiger partial charge in [0.15, 0.2) is 5.82 Å². The summed E-state index contributed by atoms with van der Waals surface area (Å²) in [5.74, 6) is 1.17. The molecule has 2 rings (SSSR count). The van der Waals surface area contributed by atoms with Gasteiger partial charge in [-0.2, -0.15) is 5.21 Å². The highest BCUT2D eigenvalue weighted by Gasteiger charge is 2.15. The number of aromatic nitrogens is 6. The molecule has 0 aliphatic heterocycles. The van der Waals surface area contributed by atoms with Gasteiger partial charge in [-0.25, -0.2) is 9.78 Å². The fourth-order valence-corrected chi connectivity index (χ4v) is 1.60. The van der Waals surface area contributed by atoms with Gasteiger partial charge in [0.25, 0.3) is 6.47 Å². The highest BCUT2D eigenvalue weighted by Crippen LogP contribution is 2.12. The van der Waals surface area contributed by atoms with E-state index in [1.165, 1.54) is 0 Å². The van der Waals surface area contributed by atoms with Gasteiger partial charge in [-0.3, -0.25) is 4.79 Å². The Labute approximate surface area is 125 Å². The second-order valence-electron chi connectivity index (χ2n) is 4.17. The molecule has 22 heavy (non-hydrogen) atoms. The van der Waals surface area contributed by atoms with Crippen molar-refractivity contribution in [1.82, 2.24) is 41.2 Å². The van der Waals surface area contributed by atoms with Crippen molar-refractivity contribution in [1.29, 1.82) is 0 Å². The predicted molar refractivity (Wildman–Crippen MR) is 74.6 cm³/mol. The molecule has 0 bridgehead atoms. The van der Waals surface area contributed by atoms with Crippen LogP contribution in [0.4, 0.5) is 4.79 Å². The highest BCUT2D eigenvalue weighted by molar-refractivity contribution is 5.74. The summed E-state index contributed by atoms with van der Waals surface area (Å²) in [5.41, 5.74) is 0.961. The third-order valence-corrected chi connectivity index (χ3v) is 2.56. The molecule has 2 heterocycles.